The minimum Gasteiger partial charge on any atom is -0.391 e. The van der Waals surface area contributed by atoms with Gasteiger partial charge in [-0.3, -0.25) is 0 Å². The van der Waals surface area contributed by atoms with Crippen LogP contribution >= 0.6 is 27.3 Å². The van der Waals surface area contributed by atoms with Crippen molar-refractivity contribution in [2.24, 2.45) is 0 Å². The Kier molecular flexibility index (Phi) is 5.21. The van der Waals surface area contributed by atoms with Gasteiger partial charge >= 0.3 is 0 Å². The van der Waals surface area contributed by atoms with Gasteiger partial charge in [0, 0.05) is 20.3 Å². The Morgan fingerprint density at radius 1 is 1.38 bits per heavy atom. The molecule has 1 unspecified atom stereocenters. The zero-order chi connectivity index (χ0) is 15.6. The van der Waals surface area contributed by atoms with Gasteiger partial charge in [0.05, 0.1) is 11.5 Å². The maximum atomic E-state index is 12.5. The topological polar surface area (TPSA) is 66.4 Å². The van der Waals surface area contributed by atoms with Crippen LogP contribution in [0.25, 0.3) is 0 Å². The van der Waals surface area contributed by atoms with Crippen molar-refractivity contribution in [3.63, 3.8) is 0 Å². The van der Waals surface area contributed by atoms with E-state index in [9.17, 15) is 8.42 Å². The minimum atomic E-state index is -3.61. The maximum Gasteiger partial charge on any atom is 0.242 e. The first-order chi connectivity index (χ1) is 9.83. The Morgan fingerprint density at radius 2 is 2.10 bits per heavy atom. The van der Waals surface area contributed by atoms with Gasteiger partial charge in [-0.15, -0.1) is 11.3 Å². The van der Waals surface area contributed by atoms with Gasteiger partial charge in [-0.1, -0.05) is 28.1 Å². The van der Waals surface area contributed by atoms with Crippen LogP contribution in [-0.2, 0) is 16.6 Å². The SMILES string of the molecule is Cc1sc(CO)cc1S(=O)(=O)NC(C)c1cccc(Br)c1. The molecule has 21 heavy (non-hydrogen) atoms. The molecule has 1 heterocycles. The lowest BCUT2D eigenvalue weighted by atomic mass is 10.1. The van der Waals surface area contributed by atoms with E-state index in [0.717, 1.165) is 10.0 Å². The second kappa shape index (κ2) is 6.58. The van der Waals surface area contributed by atoms with E-state index in [4.69, 9.17) is 5.11 Å². The molecule has 1 aromatic heterocycles. The molecule has 0 saturated heterocycles. The van der Waals surface area contributed by atoms with Crippen molar-refractivity contribution in [2.75, 3.05) is 0 Å². The van der Waals surface area contributed by atoms with Gasteiger partial charge in [0.15, 0.2) is 0 Å². The molecule has 0 bridgehead atoms. The highest BCUT2D eigenvalue weighted by molar-refractivity contribution is 9.10. The first-order valence-electron chi connectivity index (χ1n) is 6.31. The number of hydrogen-bond acceptors (Lipinski definition) is 4. The number of sulfonamides is 1. The molecule has 0 fully saturated rings. The summed E-state index contributed by atoms with van der Waals surface area (Å²) in [6, 6.07) is 8.69. The number of hydrogen-bond donors (Lipinski definition) is 2. The molecular formula is C14H16BrNO3S2. The third kappa shape index (κ3) is 3.92. The van der Waals surface area contributed by atoms with Crippen LogP contribution in [0, 0.1) is 6.92 Å². The molecule has 7 heteroatoms. The second-order valence-corrected chi connectivity index (χ2v) is 8.63. The third-order valence-electron chi connectivity index (χ3n) is 3.05. The van der Waals surface area contributed by atoms with Gasteiger partial charge in [0.25, 0.3) is 0 Å². The van der Waals surface area contributed by atoms with Crippen molar-refractivity contribution in [1.82, 2.24) is 4.72 Å². The molecule has 2 rings (SSSR count). The molecule has 0 aliphatic rings. The van der Waals surface area contributed by atoms with Crippen molar-refractivity contribution in [3.05, 3.63) is 50.1 Å². The van der Waals surface area contributed by atoms with E-state index in [0.29, 0.717) is 9.75 Å². The average molecular weight is 390 g/mol. The van der Waals surface area contributed by atoms with Gasteiger partial charge in [-0.05, 0) is 37.6 Å². The second-order valence-electron chi connectivity index (χ2n) is 4.69. The van der Waals surface area contributed by atoms with E-state index in [-0.39, 0.29) is 17.5 Å². The van der Waals surface area contributed by atoms with E-state index in [1.54, 1.807) is 13.8 Å². The largest absolute Gasteiger partial charge is 0.391 e. The zero-order valence-electron chi connectivity index (χ0n) is 11.6. The summed E-state index contributed by atoms with van der Waals surface area (Å²) in [5.74, 6) is 0. The molecule has 0 radical (unpaired) electrons. The monoisotopic (exact) mass is 389 g/mol. The molecular weight excluding hydrogens is 374 g/mol. The molecule has 2 N–H and O–H groups in total. The van der Waals surface area contributed by atoms with Crippen molar-refractivity contribution >= 4 is 37.3 Å². The van der Waals surface area contributed by atoms with Crippen LogP contribution in [0.1, 0.15) is 28.3 Å². The summed E-state index contributed by atoms with van der Waals surface area (Å²) in [6.07, 6.45) is 0. The first kappa shape index (κ1) is 16.6. The maximum absolute atomic E-state index is 12.5. The number of aliphatic hydroxyl groups is 1. The van der Waals surface area contributed by atoms with Crippen molar-refractivity contribution < 1.29 is 13.5 Å². The standard InChI is InChI=1S/C14H16BrNO3S2/c1-9(11-4-3-5-12(15)6-11)16-21(18,19)14-7-13(8-17)20-10(14)2/h3-7,9,16-17H,8H2,1-2H3. The Balaban J connectivity index is 2.26. The molecule has 1 atom stereocenters. The lowest BCUT2D eigenvalue weighted by Gasteiger charge is -2.14. The predicted octanol–water partition coefficient (Wildman–Crippen LogP) is 3.35. The highest BCUT2D eigenvalue weighted by atomic mass is 79.9. The summed E-state index contributed by atoms with van der Waals surface area (Å²) in [7, 11) is -3.61. The summed E-state index contributed by atoms with van der Waals surface area (Å²) in [6.45, 7) is 3.39. The Hall–Kier alpha value is -0.730. The molecule has 0 spiro atoms. The van der Waals surface area contributed by atoms with Crippen molar-refractivity contribution in [3.8, 4) is 0 Å². The highest BCUT2D eigenvalue weighted by Crippen LogP contribution is 2.27. The molecule has 4 nitrogen and oxygen atoms in total. The first-order valence-corrected chi connectivity index (χ1v) is 9.40. The van der Waals surface area contributed by atoms with E-state index < -0.39 is 10.0 Å². The van der Waals surface area contributed by atoms with E-state index in [1.165, 1.54) is 17.4 Å². The van der Waals surface area contributed by atoms with Gasteiger partial charge in [0.2, 0.25) is 10.0 Å². The summed E-state index contributed by atoms with van der Waals surface area (Å²) >= 11 is 4.67. The highest BCUT2D eigenvalue weighted by Gasteiger charge is 2.22. The number of aryl methyl sites for hydroxylation is 1. The molecule has 2 aromatic rings. The summed E-state index contributed by atoms with van der Waals surface area (Å²) in [5.41, 5.74) is 0.878. The van der Waals surface area contributed by atoms with Crippen LogP contribution in [0.4, 0.5) is 0 Å². The van der Waals surface area contributed by atoms with E-state index in [2.05, 4.69) is 20.7 Å². The van der Waals surface area contributed by atoms with Gasteiger partial charge in [0.1, 0.15) is 0 Å². The quantitative estimate of drug-likeness (QED) is 0.823. The van der Waals surface area contributed by atoms with Gasteiger partial charge in [-0.25, -0.2) is 13.1 Å². The number of thiophene rings is 1. The van der Waals surface area contributed by atoms with Crippen LogP contribution in [-0.4, -0.2) is 13.5 Å². The van der Waals surface area contributed by atoms with Crippen LogP contribution in [0.3, 0.4) is 0 Å². The Bertz CT molecular complexity index is 740. The summed E-state index contributed by atoms with van der Waals surface area (Å²) in [5, 5.41) is 9.12. The lowest BCUT2D eigenvalue weighted by molar-refractivity contribution is 0.285. The molecule has 0 aliphatic carbocycles. The summed E-state index contributed by atoms with van der Waals surface area (Å²) < 4.78 is 28.5. The van der Waals surface area contributed by atoms with Crippen LogP contribution in [0.5, 0.6) is 0 Å². The van der Waals surface area contributed by atoms with Crippen molar-refractivity contribution in [1.29, 1.82) is 0 Å². The zero-order valence-corrected chi connectivity index (χ0v) is 14.8. The molecule has 114 valence electrons. The Morgan fingerprint density at radius 3 is 2.67 bits per heavy atom. The van der Waals surface area contributed by atoms with Crippen LogP contribution in [0.2, 0.25) is 0 Å². The molecule has 1 aromatic carbocycles. The number of benzene rings is 1. The molecule has 0 saturated carbocycles. The van der Waals surface area contributed by atoms with Crippen molar-refractivity contribution in [2.45, 2.75) is 31.4 Å². The number of rotatable bonds is 5. The lowest BCUT2D eigenvalue weighted by Crippen LogP contribution is -2.27. The van der Waals surface area contributed by atoms with Crippen LogP contribution < -0.4 is 4.72 Å². The number of halogens is 1. The predicted molar refractivity (Wildman–Crippen MR) is 87.9 cm³/mol. The smallest absolute Gasteiger partial charge is 0.242 e. The van der Waals surface area contributed by atoms with Gasteiger partial charge < -0.3 is 5.11 Å². The molecule has 0 aliphatic heterocycles. The normalized spacial score (nSPS) is 13.3. The average Bonchev–Trinajstić information content (AvgIpc) is 2.80. The fourth-order valence-corrected chi connectivity index (χ4v) is 5.15. The van der Waals surface area contributed by atoms with E-state index >= 15 is 0 Å². The fraction of sp³-hybridized carbons (Fsp3) is 0.286. The number of nitrogens with one attached hydrogen (secondary N) is 1. The number of aliphatic hydroxyl groups excluding tert-OH is 1. The van der Waals surface area contributed by atoms with E-state index in [1.807, 2.05) is 24.3 Å². The third-order valence-corrected chi connectivity index (χ3v) is 6.37. The minimum absolute atomic E-state index is 0.151. The Labute approximate surface area is 137 Å². The fourth-order valence-electron chi connectivity index (χ4n) is 2.01. The summed E-state index contributed by atoms with van der Waals surface area (Å²) in [4.78, 5) is 1.55. The van der Waals surface area contributed by atoms with Gasteiger partial charge in [-0.2, -0.15) is 0 Å². The van der Waals surface area contributed by atoms with Crippen LogP contribution in [0.15, 0.2) is 39.7 Å². The molecule has 0 amide bonds.